The summed E-state index contributed by atoms with van der Waals surface area (Å²) in [4.78, 5) is 0. The number of hydrogen-bond donors (Lipinski definition) is 1. The molecule has 1 aromatic carbocycles. The molecule has 0 bridgehead atoms. The van der Waals surface area contributed by atoms with Gasteiger partial charge < -0.3 is 9.73 Å². The van der Waals surface area contributed by atoms with Crippen LogP contribution >= 0.6 is 34.2 Å². The molecule has 17 heavy (non-hydrogen) atoms. The van der Waals surface area contributed by atoms with Crippen LogP contribution in [0.15, 0.2) is 22.6 Å². The van der Waals surface area contributed by atoms with Crippen LogP contribution in [0.4, 0.5) is 0 Å². The fourth-order valence-electron chi connectivity index (χ4n) is 1.33. The highest BCUT2D eigenvalue weighted by Gasteiger charge is 2.09. The van der Waals surface area contributed by atoms with Crippen molar-refractivity contribution >= 4 is 34.2 Å². The van der Waals surface area contributed by atoms with Crippen LogP contribution in [-0.2, 0) is 6.42 Å². The zero-order valence-electron chi connectivity index (χ0n) is 9.20. The van der Waals surface area contributed by atoms with E-state index >= 15 is 0 Å². The number of halogens is 2. The number of benzene rings is 1. The summed E-state index contributed by atoms with van der Waals surface area (Å²) in [7, 11) is 1.89. The molecule has 0 unspecified atom stereocenters. The maximum atomic E-state index is 6.05. The summed E-state index contributed by atoms with van der Waals surface area (Å²) in [6.07, 6.45) is 0.724. The molecule has 0 saturated carbocycles. The second-order valence-corrected chi connectivity index (χ2v) is 5.05. The van der Waals surface area contributed by atoms with E-state index in [1.165, 1.54) is 0 Å². The summed E-state index contributed by atoms with van der Waals surface area (Å²) in [6.45, 7) is 0.815. The maximum Gasteiger partial charge on any atom is 0.247 e. The first-order valence-electron chi connectivity index (χ1n) is 5.13. The lowest BCUT2D eigenvalue weighted by molar-refractivity contribution is 0.500. The van der Waals surface area contributed by atoms with Crippen LogP contribution in [0.1, 0.15) is 5.89 Å². The molecule has 2 aromatic rings. The normalized spacial score (nSPS) is 10.8. The Labute approximate surface area is 118 Å². The van der Waals surface area contributed by atoms with Gasteiger partial charge in [-0.2, -0.15) is 0 Å². The van der Waals surface area contributed by atoms with Gasteiger partial charge in [0.1, 0.15) is 0 Å². The van der Waals surface area contributed by atoms with Crippen molar-refractivity contribution in [1.82, 2.24) is 15.5 Å². The Morgan fingerprint density at radius 3 is 2.94 bits per heavy atom. The van der Waals surface area contributed by atoms with Crippen molar-refractivity contribution in [2.24, 2.45) is 0 Å². The molecule has 0 radical (unpaired) electrons. The van der Waals surface area contributed by atoms with Gasteiger partial charge in [-0.1, -0.05) is 11.6 Å². The Morgan fingerprint density at radius 2 is 2.24 bits per heavy atom. The monoisotopic (exact) mass is 363 g/mol. The van der Waals surface area contributed by atoms with E-state index in [9.17, 15) is 0 Å². The van der Waals surface area contributed by atoms with E-state index in [1.54, 1.807) is 0 Å². The minimum Gasteiger partial charge on any atom is -0.421 e. The molecule has 1 N–H and O–H groups in total. The lowest BCUT2D eigenvalue weighted by Crippen LogP contribution is -2.10. The Hall–Kier alpha value is -0.660. The molecule has 1 heterocycles. The largest absolute Gasteiger partial charge is 0.421 e. The molecule has 6 heteroatoms. The van der Waals surface area contributed by atoms with Gasteiger partial charge in [0.25, 0.3) is 0 Å². The third-order valence-electron chi connectivity index (χ3n) is 2.22. The van der Waals surface area contributed by atoms with Crippen LogP contribution in [0.2, 0.25) is 5.02 Å². The minimum atomic E-state index is 0.509. The molecule has 0 spiro atoms. The van der Waals surface area contributed by atoms with Gasteiger partial charge in [-0.25, -0.2) is 0 Å². The summed E-state index contributed by atoms with van der Waals surface area (Å²) in [5, 5.41) is 11.7. The summed E-state index contributed by atoms with van der Waals surface area (Å²) in [6, 6.07) is 5.68. The van der Waals surface area contributed by atoms with E-state index in [-0.39, 0.29) is 0 Å². The first-order chi connectivity index (χ1) is 8.20. The van der Waals surface area contributed by atoms with Crippen LogP contribution in [0.5, 0.6) is 0 Å². The zero-order valence-corrected chi connectivity index (χ0v) is 12.1. The van der Waals surface area contributed by atoms with Gasteiger partial charge >= 0.3 is 0 Å². The third-order valence-corrected chi connectivity index (χ3v) is 3.79. The maximum absolute atomic E-state index is 6.05. The van der Waals surface area contributed by atoms with E-state index in [4.69, 9.17) is 16.0 Å². The number of nitrogens with one attached hydrogen (secondary N) is 1. The van der Waals surface area contributed by atoms with Crippen molar-refractivity contribution in [3.05, 3.63) is 32.7 Å². The molecular formula is C11H11ClIN3O. The average molecular weight is 364 g/mol. The quantitative estimate of drug-likeness (QED) is 0.849. The third kappa shape index (κ3) is 3.17. The van der Waals surface area contributed by atoms with E-state index in [2.05, 4.69) is 38.1 Å². The first kappa shape index (κ1) is 12.8. The molecule has 0 aliphatic rings. The zero-order chi connectivity index (χ0) is 12.3. The fourth-order valence-corrected chi connectivity index (χ4v) is 1.85. The Bertz CT molecular complexity index is 515. The van der Waals surface area contributed by atoms with Crippen molar-refractivity contribution in [2.75, 3.05) is 13.6 Å². The SMILES string of the molecule is CNCCc1nnc(-c2ccc(I)c(Cl)c2)o1. The van der Waals surface area contributed by atoms with Gasteiger partial charge in [0.05, 0.1) is 5.02 Å². The van der Waals surface area contributed by atoms with Crippen molar-refractivity contribution in [2.45, 2.75) is 6.42 Å². The highest BCUT2D eigenvalue weighted by Crippen LogP contribution is 2.25. The predicted octanol–water partition coefficient (Wildman–Crippen LogP) is 2.76. The number of hydrogen-bond acceptors (Lipinski definition) is 4. The van der Waals surface area contributed by atoms with Gasteiger partial charge in [-0.15, -0.1) is 10.2 Å². The molecule has 0 aliphatic heterocycles. The first-order valence-corrected chi connectivity index (χ1v) is 6.59. The topological polar surface area (TPSA) is 51.0 Å². The molecule has 0 saturated heterocycles. The van der Waals surface area contributed by atoms with E-state index in [1.807, 2.05) is 25.2 Å². The lowest BCUT2D eigenvalue weighted by atomic mass is 10.2. The predicted molar refractivity (Wildman–Crippen MR) is 75.1 cm³/mol. The summed E-state index contributed by atoms with van der Waals surface area (Å²) in [5.41, 5.74) is 0.846. The van der Waals surface area contributed by atoms with Gasteiger partial charge in [0.2, 0.25) is 11.8 Å². The highest BCUT2D eigenvalue weighted by molar-refractivity contribution is 14.1. The number of nitrogens with zero attached hydrogens (tertiary/aromatic N) is 2. The molecule has 4 nitrogen and oxygen atoms in total. The summed E-state index contributed by atoms with van der Waals surface area (Å²) < 4.78 is 6.55. The Morgan fingerprint density at radius 1 is 1.41 bits per heavy atom. The Balaban J connectivity index is 2.21. The second kappa shape index (κ2) is 5.79. The molecule has 0 aliphatic carbocycles. The van der Waals surface area contributed by atoms with Crippen molar-refractivity contribution in [3.8, 4) is 11.5 Å². The standard InChI is InChI=1S/C11H11ClIN3O/c1-14-5-4-10-15-16-11(17-10)7-2-3-9(13)8(12)6-7/h2-3,6,14H,4-5H2,1H3. The van der Waals surface area contributed by atoms with Crippen LogP contribution in [-0.4, -0.2) is 23.8 Å². The molecule has 1 aromatic heterocycles. The number of likely N-dealkylation sites (N-methyl/N-ethyl adjacent to an activating group) is 1. The molecule has 90 valence electrons. The fraction of sp³-hybridized carbons (Fsp3) is 0.273. The van der Waals surface area contributed by atoms with E-state index in [0.717, 1.165) is 22.1 Å². The average Bonchev–Trinajstić information content (AvgIpc) is 2.79. The lowest BCUT2D eigenvalue weighted by Gasteiger charge is -1.98. The van der Waals surface area contributed by atoms with E-state index < -0.39 is 0 Å². The summed E-state index contributed by atoms with van der Waals surface area (Å²) in [5.74, 6) is 1.14. The van der Waals surface area contributed by atoms with Crippen molar-refractivity contribution < 1.29 is 4.42 Å². The molecule has 0 amide bonds. The molecule has 2 rings (SSSR count). The van der Waals surface area contributed by atoms with Gasteiger partial charge in [-0.05, 0) is 47.8 Å². The van der Waals surface area contributed by atoms with Crippen LogP contribution in [0.25, 0.3) is 11.5 Å². The number of aromatic nitrogens is 2. The van der Waals surface area contributed by atoms with Crippen LogP contribution < -0.4 is 5.32 Å². The van der Waals surface area contributed by atoms with Gasteiger partial charge in [-0.3, -0.25) is 0 Å². The van der Waals surface area contributed by atoms with E-state index in [0.29, 0.717) is 16.8 Å². The molecule has 0 fully saturated rings. The second-order valence-electron chi connectivity index (χ2n) is 3.48. The minimum absolute atomic E-state index is 0.509. The summed E-state index contributed by atoms with van der Waals surface area (Å²) >= 11 is 8.22. The van der Waals surface area contributed by atoms with Crippen molar-refractivity contribution in [1.29, 1.82) is 0 Å². The Kier molecular flexibility index (Phi) is 4.36. The van der Waals surface area contributed by atoms with Gasteiger partial charge in [0.15, 0.2) is 0 Å². The molecule has 0 atom stereocenters. The smallest absolute Gasteiger partial charge is 0.247 e. The van der Waals surface area contributed by atoms with Gasteiger partial charge in [0, 0.05) is 22.1 Å². The highest BCUT2D eigenvalue weighted by atomic mass is 127. The van der Waals surface area contributed by atoms with Crippen LogP contribution in [0.3, 0.4) is 0 Å². The van der Waals surface area contributed by atoms with Crippen LogP contribution in [0, 0.1) is 3.57 Å². The number of rotatable bonds is 4. The van der Waals surface area contributed by atoms with Crippen molar-refractivity contribution in [3.63, 3.8) is 0 Å². The molecular weight excluding hydrogens is 352 g/mol.